The molecule has 148 valence electrons. The van der Waals surface area contributed by atoms with Gasteiger partial charge in [-0.15, -0.1) is 0 Å². The third kappa shape index (κ3) is 4.61. The minimum Gasteiger partial charge on any atom is -0.330 e. The van der Waals surface area contributed by atoms with Gasteiger partial charge in [-0.25, -0.2) is 0 Å². The first-order valence-corrected chi connectivity index (χ1v) is 10.8. The second-order valence-corrected chi connectivity index (χ2v) is 8.21. The Morgan fingerprint density at radius 2 is 1.82 bits per heavy atom. The number of hydrogen-bond acceptors (Lipinski definition) is 3. The van der Waals surface area contributed by atoms with E-state index in [9.17, 15) is 4.79 Å². The number of piperidine rings is 1. The first kappa shape index (κ1) is 19.1. The predicted octanol–water partition coefficient (Wildman–Crippen LogP) is 4.52. The van der Waals surface area contributed by atoms with Gasteiger partial charge in [0.2, 0.25) is 0 Å². The summed E-state index contributed by atoms with van der Waals surface area (Å²) >= 11 is 0. The summed E-state index contributed by atoms with van der Waals surface area (Å²) in [6.45, 7) is 2.76. The lowest BCUT2D eigenvalue weighted by Gasteiger charge is -2.34. The summed E-state index contributed by atoms with van der Waals surface area (Å²) < 4.78 is 0. The summed E-state index contributed by atoms with van der Waals surface area (Å²) in [4.78, 5) is 20.0. The van der Waals surface area contributed by atoms with E-state index in [2.05, 4.69) is 27.3 Å². The molecule has 4 nitrogen and oxygen atoms in total. The molecule has 1 saturated carbocycles. The van der Waals surface area contributed by atoms with E-state index in [0.717, 1.165) is 37.2 Å². The van der Waals surface area contributed by atoms with Crippen LogP contribution in [0, 0.1) is 0 Å². The summed E-state index contributed by atoms with van der Waals surface area (Å²) in [5, 5.41) is 3.48. The molecule has 0 radical (unpaired) electrons. The number of nitrogens with zero attached hydrogens (tertiary/aromatic N) is 2. The number of benzene rings is 1. The van der Waals surface area contributed by atoms with Crippen molar-refractivity contribution in [2.24, 2.45) is 0 Å². The zero-order valence-electron chi connectivity index (χ0n) is 16.6. The van der Waals surface area contributed by atoms with Crippen molar-refractivity contribution in [1.82, 2.24) is 15.2 Å². The summed E-state index contributed by atoms with van der Waals surface area (Å²) in [5.74, 6) is 0.715. The van der Waals surface area contributed by atoms with Crippen molar-refractivity contribution < 1.29 is 4.79 Å². The van der Waals surface area contributed by atoms with Gasteiger partial charge < -0.3 is 10.2 Å². The van der Waals surface area contributed by atoms with Gasteiger partial charge in [-0.3, -0.25) is 9.78 Å². The quantitative estimate of drug-likeness (QED) is 0.833. The summed E-state index contributed by atoms with van der Waals surface area (Å²) in [7, 11) is 0. The SMILES string of the molecule is O=C(c1ccc([C@H]2CCCNC2)cc1)N(Cc1ccccn1)C1CCCCC1. The minimum absolute atomic E-state index is 0.144. The second kappa shape index (κ2) is 9.33. The number of carbonyl (C=O) groups is 1. The average Bonchev–Trinajstić information content (AvgIpc) is 2.79. The van der Waals surface area contributed by atoms with Gasteiger partial charge >= 0.3 is 0 Å². The van der Waals surface area contributed by atoms with Crippen LogP contribution < -0.4 is 5.32 Å². The van der Waals surface area contributed by atoms with Crippen LogP contribution in [-0.4, -0.2) is 34.9 Å². The lowest BCUT2D eigenvalue weighted by Crippen LogP contribution is -2.41. The van der Waals surface area contributed by atoms with Crippen LogP contribution in [0.4, 0.5) is 0 Å². The van der Waals surface area contributed by atoms with E-state index in [0.29, 0.717) is 18.5 Å². The van der Waals surface area contributed by atoms with Crippen LogP contribution in [0.3, 0.4) is 0 Å². The minimum atomic E-state index is 0.144. The summed E-state index contributed by atoms with van der Waals surface area (Å²) in [6.07, 6.45) is 10.2. The highest BCUT2D eigenvalue weighted by Gasteiger charge is 2.27. The van der Waals surface area contributed by atoms with Crippen molar-refractivity contribution in [2.75, 3.05) is 13.1 Å². The molecule has 1 amide bonds. The number of carbonyl (C=O) groups excluding carboxylic acids is 1. The topological polar surface area (TPSA) is 45.2 Å². The highest BCUT2D eigenvalue weighted by Crippen LogP contribution is 2.27. The lowest BCUT2D eigenvalue weighted by atomic mass is 9.90. The molecule has 1 aromatic heterocycles. The maximum absolute atomic E-state index is 13.4. The molecule has 2 fully saturated rings. The molecule has 0 spiro atoms. The van der Waals surface area contributed by atoms with Crippen LogP contribution in [0.5, 0.6) is 0 Å². The molecule has 4 rings (SSSR count). The Labute approximate surface area is 168 Å². The average molecular weight is 378 g/mol. The molecular formula is C24H31N3O. The standard InChI is InChI=1S/C24H31N3O/c28-24(20-13-11-19(12-14-20)21-7-6-15-25-17-21)27(23-9-2-1-3-10-23)18-22-8-4-5-16-26-22/h4-5,8,11-14,16,21,23,25H,1-3,6-7,9-10,15,17-18H2/t21-/m0/s1. The molecule has 4 heteroatoms. The number of rotatable bonds is 5. The number of amides is 1. The molecule has 28 heavy (non-hydrogen) atoms. The lowest BCUT2D eigenvalue weighted by molar-refractivity contribution is 0.0611. The Kier molecular flexibility index (Phi) is 6.38. The molecule has 0 bridgehead atoms. The van der Waals surface area contributed by atoms with Crippen LogP contribution in [-0.2, 0) is 6.54 Å². The Hall–Kier alpha value is -2.20. The Balaban J connectivity index is 1.52. The van der Waals surface area contributed by atoms with E-state index >= 15 is 0 Å². The first-order valence-electron chi connectivity index (χ1n) is 10.8. The van der Waals surface area contributed by atoms with Crippen molar-refractivity contribution in [3.8, 4) is 0 Å². The Bertz CT molecular complexity index is 747. The van der Waals surface area contributed by atoms with E-state index in [1.807, 2.05) is 36.5 Å². The zero-order valence-corrected chi connectivity index (χ0v) is 16.6. The summed E-state index contributed by atoms with van der Waals surface area (Å²) in [5.41, 5.74) is 3.11. The number of hydrogen-bond donors (Lipinski definition) is 1. The molecule has 1 aliphatic carbocycles. The largest absolute Gasteiger partial charge is 0.330 e. The maximum atomic E-state index is 13.4. The highest BCUT2D eigenvalue weighted by atomic mass is 16.2. The highest BCUT2D eigenvalue weighted by molar-refractivity contribution is 5.94. The van der Waals surface area contributed by atoms with Crippen LogP contribution >= 0.6 is 0 Å². The predicted molar refractivity (Wildman–Crippen MR) is 112 cm³/mol. The third-order valence-electron chi connectivity index (χ3n) is 6.26. The zero-order chi connectivity index (χ0) is 19.2. The third-order valence-corrected chi connectivity index (χ3v) is 6.26. The van der Waals surface area contributed by atoms with E-state index in [4.69, 9.17) is 0 Å². The van der Waals surface area contributed by atoms with Gasteiger partial charge in [0.1, 0.15) is 0 Å². The molecule has 2 heterocycles. The molecule has 1 atom stereocenters. The van der Waals surface area contributed by atoms with Crippen molar-refractivity contribution in [2.45, 2.75) is 63.5 Å². The van der Waals surface area contributed by atoms with Gasteiger partial charge in [0, 0.05) is 24.3 Å². The number of aromatic nitrogens is 1. The van der Waals surface area contributed by atoms with Gasteiger partial charge in [0.15, 0.2) is 0 Å². The van der Waals surface area contributed by atoms with Crippen LogP contribution in [0.2, 0.25) is 0 Å². The van der Waals surface area contributed by atoms with E-state index < -0.39 is 0 Å². The molecule has 1 saturated heterocycles. The molecule has 1 N–H and O–H groups in total. The monoisotopic (exact) mass is 377 g/mol. The smallest absolute Gasteiger partial charge is 0.254 e. The van der Waals surface area contributed by atoms with Gasteiger partial charge in [-0.2, -0.15) is 0 Å². The van der Waals surface area contributed by atoms with Crippen molar-refractivity contribution in [3.63, 3.8) is 0 Å². The second-order valence-electron chi connectivity index (χ2n) is 8.21. The van der Waals surface area contributed by atoms with E-state index in [1.165, 1.54) is 37.7 Å². The molecule has 2 aromatic rings. The molecule has 2 aliphatic rings. The molecular weight excluding hydrogens is 346 g/mol. The van der Waals surface area contributed by atoms with Crippen molar-refractivity contribution in [1.29, 1.82) is 0 Å². The fraction of sp³-hybridized carbons (Fsp3) is 0.500. The normalized spacial score (nSPS) is 20.6. The van der Waals surface area contributed by atoms with Crippen molar-refractivity contribution in [3.05, 3.63) is 65.5 Å². The molecule has 1 aromatic carbocycles. The van der Waals surface area contributed by atoms with Crippen LogP contribution in [0.1, 0.15) is 72.5 Å². The Morgan fingerprint density at radius 1 is 1.00 bits per heavy atom. The van der Waals surface area contributed by atoms with Gasteiger partial charge in [-0.1, -0.05) is 37.5 Å². The van der Waals surface area contributed by atoms with E-state index in [-0.39, 0.29) is 5.91 Å². The fourth-order valence-corrected chi connectivity index (χ4v) is 4.63. The van der Waals surface area contributed by atoms with Crippen LogP contribution in [0.25, 0.3) is 0 Å². The number of nitrogens with one attached hydrogen (secondary N) is 1. The van der Waals surface area contributed by atoms with Crippen molar-refractivity contribution >= 4 is 5.91 Å². The number of pyridine rings is 1. The van der Waals surface area contributed by atoms with E-state index in [1.54, 1.807) is 0 Å². The first-order chi connectivity index (χ1) is 13.8. The van der Waals surface area contributed by atoms with Gasteiger partial charge in [0.25, 0.3) is 5.91 Å². The molecule has 0 unspecified atom stereocenters. The Morgan fingerprint density at radius 3 is 2.50 bits per heavy atom. The summed E-state index contributed by atoms with van der Waals surface area (Å²) in [6, 6.07) is 14.6. The van der Waals surface area contributed by atoms with Gasteiger partial charge in [0.05, 0.1) is 12.2 Å². The maximum Gasteiger partial charge on any atom is 0.254 e. The van der Waals surface area contributed by atoms with Gasteiger partial charge in [-0.05, 0) is 68.0 Å². The fourth-order valence-electron chi connectivity index (χ4n) is 4.63. The molecule has 1 aliphatic heterocycles. The van der Waals surface area contributed by atoms with Crippen LogP contribution in [0.15, 0.2) is 48.7 Å².